The summed E-state index contributed by atoms with van der Waals surface area (Å²) in [5.41, 5.74) is 4.10. The van der Waals surface area contributed by atoms with Crippen molar-refractivity contribution in [2.75, 3.05) is 16.8 Å². The summed E-state index contributed by atoms with van der Waals surface area (Å²) < 4.78 is 0. The van der Waals surface area contributed by atoms with Gasteiger partial charge in [-0.15, -0.1) is 0 Å². The Morgan fingerprint density at radius 3 is 2.11 bits per heavy atom. The molecule has 0 aliphatic carbocycles. The molecular weight excluding hydrogens is 336 g/mol. The molecule has 142 valence electrons. The van der Waals surface area contributed by atoms with Crippen LogP contribution in [-0.2, 0) is 9.59 Å². The van der Waals surface area contributed by atoms with Crippen molar-refractivity contribution in [3.63, 3.8) is 0 Å². The topological polar surface area (TPSA) is 49.4 Å². The van der Waals surface area contributed by atoms with Crippen LogP contribution in [0.4, 0.5) is 11.4 Å². The Morgan fingerprint density at radius 1 is 0.963 bits per heavy atom. The maximum absolute atomic E-state index is 12.8. The molecule has 4 nitrogen and oxygen atoms in total. The minimum Gasteiger partial charge on any atom is -0.326 e. The highest BCUT2D eigenvalue weighted by molar-refractivity contribution is 6.04. The van der Waals surface area contributed by atoms with Crippen LogP contribution in [0.3, 0.4) is 0 Å². The van der Waals surface area contributed by atoms with E-state index < -0.39 is 0 Å². The minimum absolute atomic E-state index is 0.0261. The van der Waals surface area contributed by atoms with Crippen molar-refractivity contribution in [1.82, 2.24) is 0 Å². The van der Waals surface area contributed by atoms with Crippen LogP contribution in [0, 0.1) is 5.92 Å². The molecule has 1 atom stereocenters. The molecule has 2 aromatic carbocycles. The summed E-state index contributed by atoms with van der Waals surface area (Å²) in [5, 5.41) is 2.93. The molecule has 1 aliphatic rings. The Bertz CT molecular complexity index is 801. The number of amides is 2. The van der Waals surface area contributed by atoms with Crippen molar-refractivity contribution in [1.29, 1.82) is 0 Å². The summed E-state index contributed by atoms with van der Waals surface area (Å²) in [4.78, 5) is 27.4. The third-order valence-corrected chi connectivity index (χ3v) is 5.15. The van der Waals surface area contributed by atoms with Crippen molar-refractivity contribution in [3.05, 3.63) is 59.7 Å². The molecule has 2 amide bonds. The monoisotopic (exact) mass is 364 g/mol. The normalized spacial score (nSPS) is 17.0. The highest BCUT2D eigenvalue weighted by atomic mass is 16.2. The number of nitrogens with zero attached hydrogens (tertiary/aromatic N) is 1. The average Bonchev–Trinajstić information content (AvgIpc) is 3.03. The van der Waals surface area contributed by atoms with Crippen molar-refractivity contribution in [3.8, 4) is 0 Å². The van der Waals surface area contributed by atoms with Gasteiger partial charge in [0.1, 0.15) is 0 Å². The van der Waals surface area contributed by atoms with Gasteiger partial charge in [0.2, 0.25) is 11.8 Å². The molecule has 1 saturated heterocycles. The fraction of sp³-hybridized carbons (Fsp3) is 0.391. The van der Waals surface area contributed by atoms with E-state index in [-0.39, 0.29) is 24.2 Å². The third-order valence-electron chi connectivity index (χ3n) is 5.15. The van der Waals surface area contributed by atoms with Gasteiger partial charge in [0.15, 0.2) is 0 Å². The molecule has 0 spiro atoms. The van der Waals surface area contributed by atoms with E-state index in [1.807, 2.05) is 35.2 Å². The second-order valence-electron chi connectivity index (χ2n) is 7.86. The number of rotatable bonds is 5. The summed E-state index contributed by atoms with van der Waals surface area (Å²) in [6.07, 6.45) is 0.253. The molecule has 0 saturated carbocycles. The molecule has 1 aliphatic heterocycles. The number of nitrogens with one attached hydrogen (secondary N) is 1. The lowest BCUT2D eigenvalue weighted by Gasteiger charge is -2.27. The van der Waals surface area contributed by atoms with Gasteiger partial charge in [-0.3, -0.25) is 9.59 Å². The van der Waals surface area contributed by atoms with Gasteiger partial charge < -0.3 is 10.2 Å². The van der Waals surface area contributed by atoms with Gasteiger partial charge in [0.05, 0.1) is 11.6 Å². The van der Waals surface area contributed by atoms with Crippen LogP contribution in [-0.4, -0.2) is 18.4 Å². The van der Waals surface area contributed by atoms with E-state index in [0.29, 0.717) is 18.4 Å². The van der Waals surface area contributed by atoms with Gasteiger partial charge in [-0.1, -0.05) is 64.1 Å². The van der Waals surface area contributed by atoms with Gasteiger partial charge in [0.25, 0.3) is 0 Å². The fourth-order valence-electron chi connectivity index (χ4n) is 3.69. The number of benzene rings is 2. The summed E-state index contributed by atoms with van der Waals surface area (Å²) in [7, 11) is 0. The summed E-state index contributed by atoms with van der Waals surface area (Å²) in [6, 6.07) is 15.6. The first-order valence-electron chi connectivity index (χ1n) is 9.67. The molecule has 1 heterocycles. The van der Waals surface area contributed by atoms with Crippen LogP contribution in [0.15, 0.2) is 48.5 Å². The van der Waals surface area contributed by atoms with Crippen LogP contribution < -0.4 is 10.2 Å². The number of carbonyl (C=O) groups excluding carboxylic acids is 2. The fourth-order valence-corrected chi connectivity index (χ4v) is 3.69. The smallest absolute Gasteiger partial charge is 0.229 e. The number of hydrogen-bond donors (Lipinski definition) is 1. The molecule has 2 aromatic rings. The minimum atomic E-state index is -0.335. The van der Waals surface area contributed by atoms with E-state index in [1.165, 1.54) is 11.1 Å². The lowest BCUT2D eigenvalue weighted by molar-refractivity contribution is -0.122. The molecule has 0 bridgehead atoms. The Morgan fingerprint density at radius 2 is 1.56 bits per heavy atom. The van der Waals surface area contributed by atoms with E-state index in [1.54, 1.807) is 0 Å². The molecule has 0 radical (unpaired) electrons. The Balaban J connectivity index is 1.87. The Kier molecular flexibility index (Phi) is 5.64. The zero-order valence-electron chi connectivity index (χ0n) is 16.5. The van der Waals surface area contributed by atoms with E-state index in [0.717, 1.165) is 11.4 Å². The van der Waals surface area contributed by atoms with Crippen molar-refractivity contribution in [2.24, 2.45) is 5.92 Å². The third kappa shape index (κ3) is 4.05. The molecule has 3 rings (SSSR count). The number of carbonyl (C=O) groups is 2. The SMILES string of the molecule is CC(C)c1cccc(C(C)C)c1N1CC(C(=O)Nc2ccccc2)CC1=O. The van der Waals surface area contributed by atoms with Crippen molar-refractivity contribution < 1.29 is 9.59 Å². The standard InChI is InChI=1S/C23H28N2O2/c1-15(2)19-11-8-12-20(16(3)4)22(19)25-14-17(13-21(25)26)23(27)24-18-9-6-5-7-10-18/h5-12,15-17H,13-14H2,1-4H3,(H,24,27). The highest BCUT2D eigenvalue weighted by Crippen LogP contribution is 2.38. The predicted octanol–water partition coefficient (Wildman–Crippen LogP) is 4.93. The van der Waals surface area contributed by atoms with Crippen LogP contribution in [0.1, 0.15) is 57.1 Å². The first kappa shape index (κ1) is 19.2. The zero-order valence-corrected chi connectivity index (χ0v) is 16.5. The number of anilines is 2. The second kappa shape index (κ2) is 7.95. The highest BCUT2D eigenvalue weighted by Gasteiger charge is 2.37. The average molecular weight is 364 g/mol. The summed E-state index contributed by atoms with van der Waals surface area (Å²) in [5.74, 6) is 0.216. The van der Waals surface area contributed by atoms with Gasteiger partial charge in [-0.2, -0.15) is 0 Å². The second-order valence-corrected chi connectivity index (χ2v) is 7.86. The maximum Gasteiger partial charge on any atom is 0.229 e. The molecular formula is C23H28N2O2. The first-order chi connectivity index (χ1) is 12.9. The van der Waals surface area contributed by atoms with Crippen LogP contribution >= 0.6 is 0 Å². The van der Waals surface area contributed by atoms with E-state index >= 15 is 0 Å². The molecule has 1 unspecified atom stereocenters. The van der Waals surface area contributed by atoms with E-state index in [2.05, 4.69) is 51.2 Å². The Hall–Kier alpha value is -2.62. The molecule has 1 fully saturated rings. The van der Waals surface area contributed by atoms with Crippen LogP contribution in [0.25, 0.3) is 0 Å². The largest absolute Gasteiger partial charge is 0.326 e. The summed E-state index contributed by atoms with van der Waals surface area (Å²) >= 11 is 0. The zero-order chi connectivity index (χ0) is 19.6. The lowest BCUT2D eigenvalue weighted by atomic mass is 9.92. The molecule has 27 heavy (non-hydrogen) atoms. The Labute approximate surface area is 161 Å². The summed E-state index contributed by atoms with van der Waals surface area (Å²) in [6.45, 7) is 9.00. The number of para-hydroxylation sites is 2. The van der Waals surface area contributed by atoms with Crippen molar-refractivity contribution in [2.45, 2.75) is 46.0 Å². The molecule has 4 heteroatoms. The quantitative estimate of drug-likeness (QED) is 0.818. The van der Waals surface area contributed by atoms with Crippen molar-refractivity contribution >= 4 is 23.2 Å². The molecule has 1 N–H and O–H groups in total. The van der Waals surface area contributed by atoms with E-state index in [9.17, 15) is 9.59 Å². The predicted molar refractivity (Wildman–Crippen MR) is 110 cm³/mol. The van der Waals surface area contributed by atoms with Crippen LogP contribution in [0.5, 0.6) is 0 Å². The van der Waals surface area contributed by atoms with Gasteiger partial charge >= 0.3 is 0 Å². The van der Waals surface area contributed by atoms with Gasteiger partial charge in [-0.05, 0) is 35.1 Å². The van der Waals surface area contributed by atoms with Gasteiger partial charge in [0, 0.05) is 18.7 Å². The lowest BCUT2D eigenvalue weighted by Crippen LogP contribution is -2.30. The molecule has 0 aromatic heterocycles. The van der Waals surface area contributed by atoms with Gasteiger partial charge in [-0.25, -0.2) is 0 Å². The van der Waals surface area contributed by atoms with Crippen LogP contribution in [0.2, 0.25) is 0 Å². The van der Waals surface area contributed by atoms with E-state index in [4.69, 9.17) is 0 Å². The first-order valence-corrected chi connectivity index (χ1v) is 9.67. The maximum atomic E-state index is 12.8. The number of hydrogen-bond acceptors (Lipinski definition) is 2.